The van der Waals surface area contributed by atoms with E-state index in [0.29, 0.717) is 26.6 Å². The molecule has 1 aromatic carbocycles. The molecule has 78 valence electrons. The number of furan rings is 1. The van der Waals surface area contributed by atoms with E-state index < -0.39 is 5.97 Å². The Morgan fingerprint density at radius 3 is 2.67 bits per heavy atom. The van der Waals surface area contributed by atoms with Crippen molar-refractivity contribution in [3.8, 4) is 0 Å². The summed E-state index contributed by atoms with van der Waals surface area (Å²) in [6.07, 6.45) is 1.09. The Bertz CT molecular complexity index is 531. The molecular formula is C10H5Cl2O3-. The molecule has 0 bridgehead atoms. The Morgan fingerprint density at radius 2 is 2.00 bits per heavy atom. The van der Waals surface area contributed by atoms with Gasteiger partial charge in [-0.1, -0.05) is 23.2 Å². The molecule has 0 aliphatic heterocycles. The second-order valence-electron chi connectivity index (χ2n) is 3.04. The van der Waals surface area contributed by atoms with Crippen LogP contribution in [0, 0.1) is 0 Å². The molecule has 15 heavy (non-hydrogen) atoms. The monoisotopic (exact) mass is 243 g/mol. The minimum Gasteiger partial charge on any atom is -0.550 e. The predicted molar refractivity (Wildman–Crippen MR) is 54.9 cm³/mol. The van der Waals surface area contributed by atoms with E-state index in [4.69, 9.17) is 27.6 Å². The number of carboxylic acids is 1. The SMILES string of the molecule is O=C([O-])Cc1coc2c(Cl)ccc(Cl)c12. The van der Waals surface area contributed by atoms with Crippen LogP contribution in [0.1, 0.15) is 5.56 Å². The number of hydrogen-bond donors (Lipinski definition) is 0. The first-order chi connectivity index (χ1) is 7.09. The van der Waals surface area contributed by atoms with Crippen LogP contribution in [0.5, 0.6) is 0 Å². The minimum atomic E-state index is -1.19. The number of carboxylic acid groups (broad SMARTS) is 1. The van der Waals surface area contributed by atoms with Gasteiger partial charge in [0.1, 0.15) is 0 Å². The lowest BCUT2D eigenvalue weighted by Gasteiger charge is -2.00. The molecule has 0 atom stereocenters. The highest BCUT2D eigenvalue weighted by atomic mass is 35.5. The number of benzene rings is 1. The van der Waals surface area contributed by atoms with Gasteiger partial charge in [0.25, 0.3) is 0 Å². The van der Waals surface area contributed by atoms with Crippen LogP contribution in [-0.2, 0) is 11.2 Å². The van der Waals surface area contributed by atoms with Gasteiger partial charge < -0.3 is 14.3 Å². The summed E-state index contributed by atoms with van der Waals surface area (Å²) in [5.74, 6) is -1.19. The van der Waals surface area contributed by atoms with Crippen LogP contribution in [0.15, 0.2) is 22.8 Å². The lowest BCUT2D eigenvalue weighted by molar-refractivity contribution is -0.304. The van der Waals surface area contributed by atoms with Gasteiger partial charge >= 0.3 is 0 Å². The van der Waals surface area contributed by atoms with Crippen LogP contribution in [-0.4, -0.2) is 5.97 Å². The Hall–Kier alpha value is -1.19. The number of fused-ring (bicyclic) bond motifs is 1. The number of rotatable bonds is 2. The highest BCUT2D eigenvalue weighted by molar-refractivity contribution is 6.40. The van der Waals surface area contributed by atoms with Crippen molar-refractivity contribution in [2.45, 2.75) is 6.42 Å². The summed E-state index contributed by atoms with van der Waals surface area (Å²) in [5.41, 5.74) is 0.873. The first-order valence-corrected chi connectivity index (χ1v) is 4.89. The van der Waals surface area contributed by atoms with Crippen LogP contribution in [0.3, 0.4) is 0 Å². The van der Waals surface area contributed by atoms with E-state index >= 15 is 0 Å². The number of halogens is 2. The zero-order chi connectivity index (χ0) is 11.0. The molecule has 0 aliphatic rings. The Morgan fingerprint density at radius 1 is 1.33 bits per heavy atom. The Labute approximate surface area is 95.2 Å². The van der Waals surface area contributed by atoms with Crippen LogP contribution in [0.4, 0.5) is 0 Å². The van der Waals surface area contributed by atoms with Crippen molar-refractivity contribution in [2.24, 2.45) is 0 Å². The summed E-state index contributed by atoms with van der Waals surface area (Å²) in [6.45, 7) is 0. The highest BCUT2D eigenvalue weighted by Crippen LogP contribution is 2.33. The molecule has 2 rings (SSSR count). The minimum absolute atomic E-state index is 0.243. The lowest BCUT2D eigenvalue weighted by Crippen LogP contribution is -2.24. The van der Waals surface area contributed by atoms with Crippen molar-refractivity contribution < 1.29 is 14.3 Å². The number of aliphatic carboxylic acids is 1. The van der Waals surface area contributed by atoms with Crippen LogP contribution >= 0.6 is 23.2 Å². The van der Waals surface area contributed by atoms with Gasteiger partial charge in [0.05, 0.1) is 16.3 Å². The summed E-state index contributed by atoms with van der Waals surface area (Å²) < 4.78 is 5.15. The number of carbonyl (C=O) groups excluding carboxylic acids is 1. The van der Waals surface area contributed by atoms with Gasteiger partial charge in [-0.2, -0.15) is 0 Å². The fraction of sp³-hybridized carbons (Fsp3) is 0.100. The van der Waals surface area contributed by atoms with Gasteiger partial charge in [-0.25, -0.2) is 0 Å². The molecule has 0 N–H and O–H groups in total. The third-order valence-electron chi connectivity index (χ3n) is 2.03. The van der Waals surface area contributed by atoms with Crippen molar-refractivity contribution >= 4 is 40.1 Å². The molecule has 0 fully saturated rings. The molecular weight excluding hydrogens is 239 g/mol. The van der Waals surface area contributed by atoms with Crippen molar-refractivity contribution in [3.05, 3.63) is 34.0 Å². The largest absolute Gasteiger partial charge is 0.550 e. The average Bonchev–Trinajstić information content (AvgIpc) is 2.56. The third-order valence-corrected chi connectivity index (χ3v) is 2.65. The summed E-state index contributed by atoms with van der Waals surface area (Å²) in [7, 11) is 0. The maximum Gasteiger partial charge on any atom is 0.154 e. The zero-order valence-corrected chi connectivity index (χ0v) is 8.93. The molecule has 0 radical (unpaired) electrons. The zero-order valence-electron chi connectivity index (χ0n) is 7.42. The van der Waals surface area contributed by atoms with Crippen molar-refractivity contribution in [1.29, 1.82) is 0 Å². The fourth-order valence-electron chi connectivity index (χ4n) is 1.42. The summed E-state index contributed by atoms with van der Waals surface area (Å²) >= 11 is 11.8. The van der Waals surface area contributed by atoms with Crippen molar-refractivity contribution in [1.82, 2.24) is 0 Å². The molecule has 0 unspecified atom stereocenters. The highest BCUT2D eigenvalue weighted by Gasteiger charge is 2.12. The molecule has 1 heterocycles. The topological polar surface area (TPSA) is 53.3 Å². The molecule has 1 aromatic heterocycles. The van der Waals surface area contributed by atoms with E-state index in [1.54, 1.807) is 12.1 Å². The van der Waals surface area contributed by atoms with Crippen molar-refractivity contribution in [2.75, 3.05) is 0 Å². The number of hydrogen-bond acceptors (Lipinski definition) is 3. The van der Waals surface area contributed by atoms with Gasteiger partial charge in [0.15, 0.2) is 5.58 Å². The quantitative estimate of drug-likeness (QED) is 0.812. The van der Waals surface area contributed by atoms with Gasteiger partial charge in [-0.3, -0.25) is 0 Å². The molecule has 0 saturated carbocycles. The van der Waals surface area contributed by atoms with E-state index in [1.165, 1.54) is 6.26 Å². The summed E-state index contributed by atoms with van der Waals surface area (Å²) in [6, 6.07) is 3.19. The number of carbonyl (C=O) groups is 1. The van der Waals surface area contributed by atoms with Gasteiger partial charge in [-0.05, 0) is 12.1 Å². The molecule has 3 nitrogen and oxygen atoms in total. The normalized spacial score (nSPS) is 10.8. The average molecular weight is 244 g/mol. The van der Waals surface area contributed by atoms with E-state index in [2.05, 4.69) is 0 Å². The van der Waals surface area contributed by atoms with Crippen LogP contribution in [0.25, 0.3) is 11.0 Å². The van der Waals surface area contributed by atoms with Gasteiger partial charge in [-0.15, -0.1) is 0 Å². The molecule has 2 aromatic rings. The second kappa shape index (κ2) is 3.76. The van der Waals surface area contributed by atoms with Crippen molar-refractivity contribution in [3.63, 3.8) is 0 Å². The maximum atomic E-state index is 10.5. The molecule has 0 aliphatic carbocycles. The standard InChI is InChI=1S/C10H6Cl2O3/c11-6-1-2-7(12)10-9(6)5(4-15-10)3-8(13)14/h1-2,4H,3H2,(H,13,14)/p-1. The van der Waals surface area contributed by atoms with Crippen LogP contribution < -0.4 is 5.11 Å². The first-order valence-electron chi connectivity index (χ1n) is 4.13. The Kier molecular flexibility index (Phi) is 2.59. The molecule has 0 spiro atoms. The van der Waals surface area contributed by atoms with E-state index in [-0.39, 0.29) is 6.42 Å². The summed E-state index contributed by atoms with van der Waals surface area (Å²) in [4.78, 5) is 10.5. The van der Waals surface area contributed by atoms with E-state index in [9.17, 15) is 9.90 Å². The molecule has 0 amide bonds. The van der Waals surface area contributed by atoms with E-state index in [0.717, 1.165) is 0 Å². The molecule has 0 saturated heterocycles. The lowest BCUT2D eigenvalue weighted by atomic mass is 10.1. The summed E-state index contributed by atoms with van der Waals surface area (Å²) in [5, 5.41) is 11.8. The first kappa shape index (κ1) is 10.3. The third kappa shape index (κ3) is 1.80. The van der Waals surface area contributed by atoms with Gasteiger partial charge in [0.2, 0.25) is 0 Å². The maximum absolute atomic E-state index is 10.5. The second-order valence-corrected chi connectivity index (χ2v) is 3.86. The van der Waals surface area contributed by atoms with Gasteiger partial charge in [0, 0.05) is 23.3 Å². The molecule has 5 heteroatoms. The predicted octanol–water partition coefficient (Wildman–Crippen LogP) is 2.03. The Balaban J connectivity index is 2.67. The van der Waals surface area contributed by atoms with Crippen LogP contribution in [0.2, 0.25) is 10.0 Å². The van der Waals surface area contributed by atoms with E-state index in [1.807, 2.05) is 0 Å². The smallest absolute Gasteiger partial charge is 0.154 e. The fourth-order valence-corrected chi connectivity index (χ4v) is 1.89.